The molecule has 0 radical (unpaired) electrons. The van der Waals surface area contributed by atoms with Gasteiger partial charge >= 0.3 is 0 Å². The number of allylic oxidation sites excluding steroid dienone is 3. The monoisotopic (exact) mass is 566 g/mol. The van der Waals surface area contributed by atoms with Crippen molar-refractivity contribution in [1.82, 2.24) is 20.6 Å². The van der Waals surface area contributed by atoms with Crippen LogP contribution >= 0.6 is 20.7 Å². The van der Waals surface area contributed by atoms with E-state index >= 15 is 0 Å². The van der Waals surface area contributed by atoms with Crippen LogP contribution in [0.4, 0.5) is 0 Å². The molecule has 1 aliphatic carbocycles. The third-order valence-corrected chi connectivity index (χ3v) is 8.27. The van der Waals surface area contributed by atoms with Crippen molar-refractivity contribution in [3.05, 3.63) is 75.5 Å². The summed E-state index contributed by atoms with van der Waals surface area (Å²) >= 11 is -0.273. The molecule has 1 fully saturated rings. The average Bonchev–Trinajstić information content (AvgIpc) is 3.13. The summed E-state index contributed by atoms with van der Waals surface area (Å²) in [4.78, 5) is 33.3. The molecule has 0 atom stereocenters. The number of fused-ring (bicyclic) bond motifs is 1. The van der Waals surface area contributed by atoms with Gasteiger partial charge in [-0.2, -0.15) is 0 Å². The highest BCUT2D eigenvalue weighted by atomic mass is 127. The summed E-state index contributed by atoms with van der Waals surface area (Å²) < 4.78 is 3.11. The number of hydrogen-bond donors (Lipinski definition) is 3. The Balaban J connectivity index is 1.29. The molecule has 3 N–H and O–H groups in total. The highest BCUT2D eigenvalue weighted by molar-refractivity contribution is 14.2. The number of aromatic nitrogens is 2. The number of halogens is 1. The molecular formula is C27H27IN4O2. The van der Waals surface area contributed by atoms with E-state index in [4.69, 9.17) is 0 Å². The van der Waals surface area contributed by atoms with Crippen LogP contribution in [-0.4, -0.2) is 31.8 Å². The van der Waals surface area contributed by atoms with Gasteiger partial charge in [0, 0.05) is 22.7 Å². The lowest BCUT2D eigenvalue weighted by Crippen LogP contribution is -2.34. The maximum Gasteiger partial charge on any atom is 0.255 e. The number of nitrogens with one attached hydrogen (secondary N) is 3. The summed E-state index contributed by atoms with van der Waals surface area (Å²) in [5, 5.41) is 6.20. The summed E-state index contributed by atoms with van der Waals surface area (Å²) in [7, 11) is 0. The van der Waals surface area contributed by atoms with Crippen molar-refractivity contribution in [3.63, 3.8) is 0 Å². The molecule has 1 saturated carbocycles. The summed E-state index contributed by atoms with van der Waals surface area (Å²) in [6.45, 7) is 0. The average molecular weight is 566 g/mol. The van der Waals surface area contributed by atoms with E-state index in [9.17, 15) is 9.59 Å². The van der Waals surface area contributed by atoms with E-state index in [1.165, 1.54) is 25.7 Å². The third-order valence-electron chi connectivity index (χ3n) is 6.19. The minimum absolute atomic E-state index is 0.0242. The minimum atomic E-state index is -0.273. The predicted molar refractivity (Wildman–Crippen MR) is 145 cm³/mol. The van der Waals surface area contributed by atoms with Crippen LogP contribution in [0.25, 0.3) is 22.4 Å². The molecule has 0 saturated heterocycles. The molecule has 0 unspecified atom stereocenters. The number of imidazole rings is 1. The third kappa shape index (κ3) is 5.35. The molecule has 2 aromatic carbocycles. The quantitative estimate of drug-likeness (QED) is 0.214. The minimum Gasteiger partial charge on any atom is -0.349 e. The second kappa shape index (κ2) is 10.5. The Morgan fingerprint density at radius 3 is 2.41 bits per heavy atom. The van der Waals surface area contributed by atoms with E-state index in [2.05, 4.69) is 24.6 Å². The molecule has 1 aliphatic heterocycles. The maximum absolute atomic E-state index is 12.8. The van der Waals surface area contributed by atoms with Gasteiger partial charge in [0.25, 0.3) is 11.8 Å². The first kappa shape index (κ1) is 22.7. The number of carbonyl (C=O) groups excluding carboxylic acids is 2. The molecule has 0 spiro atoms. The Hall–Kier alpha value is -3.07. The number of hydrogen-bond acceptors (Lipinski definition) is 3. The summed E-state index contributed by atoms with van der Waals surface area (Å²) in [6, 6.07) is 13.3. The molecule has 2 heterocycles. The van der Waals surface area contributed by atoms with Crippen LogP contribution in [0.5, 0.6) is 0 Å². The molecule has 0 bridgehead atoms. The van der Waals surface area contributed by atoms with E-state index in [1.807, 2.05) is 60.7 Å². The zero-order valence-electron chi connectivity index (χ0n) is 18.8. The number of carbonyl (C=O) groups is 2. The summed E-state index contributed by atoms with van der Waals surface area (Å²) in [5.41, 5.74) is 3.77. The molecule has 2 aliphatic rings. The van der Waals surface area contributed by atoms with Crippen LogP contribution in [0.3, 0.4) is 0 Å². The predicted octanol–water partition coefficient (Wildman–Crippen LogP) is 5.60. The molecule has 34 heavy (non-hydrogen) atoms. The molecule has 3 aromatic rings. The topological polar surface area (TPSA) is 86.9 Å². The van der Waals surface area contributed by atoms with Gasteiger partial charge in [-0.05, 0) is 53.3 Å². The van der Waals surface area contributed by atoms with Crippen LogP contribution in [0.2, 0.25) is 0 Å². The SMILES string of the molecule is O=C(NC1=CC=CC=I1)c1ccc(-c2nc3ccc(C(=O)NC4CCCCCC4)cc3[nH]2)cc1. The van der Waals surface area contributed by atoms with E-state index < -0.39 is 0 Å². The molecule has 1 aromatic heterocycles. The van der Waals surface area contributed by atoms with Crippen molar-refractivity contribution < 1.29 is 9.59 Å². The van der Waals surface area contributed by atoms with Gasteiger partial charge in [0.2, 0.25) is 0 Å². The van der Waals surface area contributed by atoms with Gasteiger partial charge in [-0.1, -0.05) is 70.7 Å². The van der Waals surface area contributed by atoms with Crippen LogP contribution < -0.4 is 10.6 Å². The second-order valence-corrected chi connectivity index (χ2v) is 11.1. The first-order valence-corrected chi connectivity index (χ1v) is 14.0. The number of H-pyrrole nitrogens is 1. The Bertz CT molecular complexity index is 1300. The zero-order valence-corrected chi connectivity index (χ0v) is 21.0. The van der Waals surface area contributed by atoms with Crippen LogP contribution in [0.15, 0.2) is 64.4 Å². The van der Waals surface area contributed by atoms with Gasteiger partial charge in [0.1, 0.15) is 5.82 Å². The van der Waals surface area contributed by atoms with Crippen molar-refractivity contribution in [3.8, 4) is 11.4 Å². The molecule has 174 valence electrons. The molecule has 2 amide bonds. The van der Waals surface area contributed by atoms with Crippen LogP contribution in [-0.2, 0) is 0 Å². The Kier molecular flexibility index (Phi) is 6.99. The number of amides is 2. The van der Waals surface area contributed by atoms with Gasteiger partial charge < -0.3 is 15.6 Å². The molecular weight excluding hydrogens is 539 g/mol. The standard InChI is InChI=1S/C27H27IN4O2/c33-26(32-24-9-5-6-16-28-24)19-12-10-18(11-13-19)25-30-22-15-14-20(17-23(22)31-25)27(34)29-21-7-3-1-2-4-8-21/h5-6,9-17,21H,1-4,7-8H2,(H,29,34)(H,30,31)(H,32,33). The van der Waals surface area contributed by atoms with Gasteiger partial charge in [-0.3, -0.25) is 9.59 Å². The van der Waals surface area contributed by atoms with Crippen molar-refractivity contribution in [2.45, 2.75) is 44.6 Å². The van der Waals surface area contributed by atoms with E-state index in [0.29, 0.717) is 17.0 Å². The maximum atomic E-state index is 12.8. The Morgan fingerprint density at radius 1 is 0.912 bits per heavy atom. The van der Waals surface area contributed by atoms with Crippen molar-refractivity contribution >= 4 is 47.6 Å². The fourth-order valence-electron chi connectivity index (χ4n) is 4.33. The highest BCUT2D eigenvalue weighted by Gasteiger charge is 2.17. The van der Waals surface area contributed by atoms with E-state index in [-0.39, 0.29) is 38.6 Å². The smallest absolute Gasteiger partial charge is 0.255 e. The Labute approximate surface area is 208 Å². The first-order valence-electron chi connectivity index (χ1n) is 11.7. The van der Waals surface area contributed by atoms with E-state index in [0.717, 1.165) is 33.1 Å². The molecule has 6 nitrogen and oxygen atoms in total. The van der Waals surface area contributed by atoms with Crippen molar-refractivity contribution in [2.24, 2.45) is 0 Å². The lowest BCUT2D eigenvalue weighted by atomic mass is 10.1. The van der Waals surface area contributed by atoms with Crippen molar-refractivity contribution in [2.75, 3.05) is 0 Å². The Morgan fingerprint density at radius 2 is 1.68 bits per heavy atom. The zero-order chi connectivity index (χ0) is 23.3. The number of aromatic amines is 1. The molecule has 5 rings (SSSR count). The lowest BCUT2D eigenvalue weighted by molar-refractivity contribution is 0.0931. The summed E-state index contributed by atoms with van der Waals surface area (Å²) in [6.07, 6.45) is 12.9. The summed E-state index contributed by atoms with van der Waals surface area (Å²) in [5.74, 6) is 0.586. The normalized spacial score (nSPS) is 16.4. The number of nitrogens with zero attached hydrogens (tertiary/aromatic N) is 1. The van der Waals surface area contributed by atoms with Gasteiger partial charge in [0.05, 0.1) is 14.7 Å². The fourth-order valence-corrected chi connectivity index (χ4v) is 5.98. The van der Waals surface area contributed by atoms with Crippen molar-refractivity contribution in [1.29, 1.82) is 0 Å². The second-order valence-electron chi connectivity index (χ2n) is 8.65. The number of rotatable bonds is 5. The van der Waals surface area contributed by atoms with Crippen LogP contribution in [0, 0.1) is 0 Å². The van der Waals surface area contributed by atoms with Gasteiger partial charge in [0.15, 0.2) is 0 Å². The number of benzene rings is 2. The largest absolute Gasteiger partial charge is 0.349 e. The van der Waals surface area contributed by atoms with Crippen LogP contribution in [0.1, 0.15) is 59.2 Å². The fraction of sp³-hybridized carbons (Fsp3) is 0.259. The first-order chi connectivity index (χ1) is 16.7. The van der Waals surface area contributed by atoms with Gasteiger partial charge in [-0.25, -0.2) is 4.98 Å². The lowest BCUT2D eigenvalue weighted by Gasteiger charge is -2.16. The highest BCUT2D eigenvalue weighted by Crippen LogP contribution is 2.23. The molecule has 7 heteroatoms. The van der Waals surface area contributed by atoms with E-state index in [1.54, 1.807) is 0 Å². The van der Waals surface area contributed by atoms with Gasteiger partial charge in [-0.15, -0.1) is 0 Å².